The Morgan fingerprint density at radius 3 is 2.76 bits per heavy atom. The van der Waals surface area contributed by atoms with E-state index in [1.165, 1.54) is 19.2 Å². The molecule has 174 valence electrons. The minimum Gasteiger partial charge on any atom is -0.481 e. The summed E-state index contributed by atoms with van der Waals surface area (Å²) in [4.78, 5) is 21.2. The van der Waals surface area contributed by atoms with Crippen molar-refractivity contribution >= 4 is 17.2 Å². The van der Waals surface area contributed by atoms with Crippen molar-refractivity contribution in [2.75, 3.05) is 19.5 Å². The first-order valence-electron chi connectivity index (χ1n) is 11.6. The number of nitrogen functional groups attached to an aromatic ring is 1. The monoisotopic (exact) mass is 450 g/mol. The lowest BCUT2D eigenvalue weighted by molar-refractivity contribution is -0.121. The lowest BCUT2D eigenvalue weighted by Gasteiger charge is -2.29. The van der Waals surface area contributed by atoms with Crippen LogP contribution in [0, 0.1) is 5.92 Å². The van der Waals surface area contributed by atoms with Crippen LogP contribution in [0.5, 0.6) is 5.88 Å². The Kier molecular flexibility index (Phi) is 6.13. The Morgan fingerprint density at radius 1 is 1.18 bits per heavy atom. The van der Waals surface area contributed by atoms with Gasteiger partial charge in [-0.1, -0.05) is 0 Å². The second-order valence-corrected chi connectivity index (χ2v) is 9.04. The number of ether oxygens (including phenoxy) is 2. The van der Waals surface area contributed by atoms with Crippen LogP contribution < -0.4 is 15.8 Å². The fourth-order valence-electron chi connectivity index (χ4n) is 4.55. The lowest BCUT2D eigenvalue weighted by atomic mass is 9.92. The Bertz CT molecular complexity index is 1130. The van der Waals surface area contributed by atoms with E-state index in [0.29, 0.717) is 23.3 Å². The van der Waals surface area contributed by atoms with Crippen molar-refractivity contribution in [3.63, 3.8) is 0 Å². The maximum absolute atomic E-state index is 12.9. The molecule has 0 atom stereocenters. The molecule has 3 aromatic heterocycles. The molecule has 3 aromatic rings. The first kappa shape index (κ1) is 21.6. The van der Waals surface area contributed by atoms with Gasteiger partial charge in [0, 0.05) is 30.5 Å². The van der Waals surface area contributed by atoms with Gasteiger partial charge < -0.3 is 20.5 Å². The number of methoxy groups -OCH3 is 1. The topological polar surface area (TPSA) is 117 Å². The van der Waals surface area contributed by atoms with E-state index in [0.717, 1.165) is 55.0 Å². The molecule has 33 heavy (non-hydrogen) atoms. The average molecular weight is 451 g/mol. The maximum atomic E-state index is 12.9. The van der Waals surface area contributed by atoms with Crippen molar-refractivity contribution in [2.45, 2.75) is 57.1 Å². The molecule has 3 heterocycles. The number of nitrogens with one attached hydrogen (secondary N) is 1. The van der Waals surface area contributed by atoms with E-state index in [1.54, 1.807) is 17.8 Å². The van der Waals surface area contributed by atoms with Gasteiger partial charge in [-0.05, 0) is 62.1 Å². The molecule has 5 rings (SSSR count). The van der Waals surface area contributed by atoms with Gasteiger partial charge in [0.25, 0.3) is 0 Å². The number of hydrogen-bond donors (Lipinski definition) is 2. The van der Waals surface area contributed by atoms with Gasteiger partial charge in [0.05, 0.1) is 25.3 Å². The summed E-state index contributed by atoms with van der Waals surface area (Å²) in [7, 11) is 1.57. The van der Waals surface area contributed by atoms with Crippen molar-refractivity contribution in [3.05, 3.63) is 36.3 Å². The second-order valence-electron chi connectivity index (χ2n) is 9.04. The van der Waals surface area contributed by atoms with Gasteiger partial charge in [0.1, 0.15) is 11.8 Å². The van der Waals surface area contributed by atoms with Gasteiger partial charge in [-0.25, -0.2) is 14.5 Å². The maximum Gasteiger partial charge on any atom is 0.224 e. The van der Waals surface area contributed by atoms with Gasteiger partial charge in [-0.15, -0.1) is 0 Å². The van der Waals surface area contributed by atoms with Gasteiger partial charge in [0.15, 0.2) is 5.82 Å². The van der Waals surface area contributed by atoms with Crippen LogP contribution >= 0.6 is 0 Å². The zero-order valence-electron chi connectivity index (χ0n) is 18.9. The normalized spacial score (nSPS) is 20.6. The highest BCUT2D eigenvalue weighted by Gasteiger charge is 2.27. The molecule has 1 amide bonds. The minimum atomic E-state index is -0.0213. The predicted molar refractivity (Wildman–Crippen MR) is 124 cm³/mol. The van der Waals surface area contributed by atoms with Crippen LogP contribution in [0.25, 0.3) is 16.8 Å². The SMILES string of the molecule is COc1cc(-c2cc(CC(=O)NC3CCC(OCC4CC4)CC3)c3c(N)ncnn23)ccn1. The van der Waals surface area contributed by atoms with E-state index in [9.17, 15) is 4.79 Å². The summed E-state index contributed by atoms with van der Waals surface area (Å²) in [6, 6.07) is 5.82. The molecule has 2 aliphatic rings. The van der Waals surface area contributed by atoms with Crippen LogP contribution in [0.2, 0.25) is 0 Å². The largest absolute Gasteiger partial charge is 0.481 e. The van der Waals surface area contributed by atoms with Crippen molar-refractivity contribution < 1.29 is 14.3 Å². The first-order valence-corrected chi connectivity index (χ1v) is 11.6. The third-order valence-electron chi connectivity index (χ3n) is 6.56. The fraction of sp³-hybridized carbons (Fsp3) is 0.500. The van der Waals surface area contributed by atoms with Gasteiger partial charge in [-0.3, -0.25) is 4.79 Å². The Balaban J connectivity index is 1.28. The Hall–Kier alpha value is -3.20. The minimum absolute atomic E-state index is 0.0213. The highest BCUT2D eigenvalue weighted by molar-refractivity contribution is 5.86. The summed E-state index contributed by atoms with van der Waals surface area (Å²) in [6.07, 6.45) is 10.2. The van der Waals surface area contributed by atoms with E-state index in [1.807, 2.05) is 18.2 Å². The van der Waals surface area contributed by atoms with Crippen molar-refractivity contribution in [2.24, 2.45) is 5.92 Å². The molecule has 0 radical (unpaired) electrons. The third-order valence-corrected chi connectivity index (χ3v) is 6.56. The summed E-state index contributed by atoms with van der Waals surface area (Å²) in [5.41, 5.74) is 9.29. The third kappa shape index (κ3) is 4.93. The van der Waals surface area contributed by atoms with Crippen molar-refractivity contribution in [1.82, 2.24) is 24.9 Å². The molecular weight excluding hydrogens is 420 g/mol. The van der Waals surface area contributed by atoms with Crippen molar-refractivity contribution in [1.29, 1.82) is 0 Å². The van der Waals surface area contributed by atoms with E-state index < -0.39 is 0 Å². The number of hydrogen-bond acceptors (Lipinski definition) is 7. The fourth-order valence-corrected chi connectivity index (χ4v) is 4.55. The summed E-state index contributed by atoms with van der Waals surface area (Å²) in [5, 5.41) is 7.58. The average Bonchev–Trinajstić information content (AvgIpc) is 3.59. The smallest absolute Gasteiger partial charge is 0.224 e. The molecule has 0 spiro atoms. The van der Waals surface area contributed by atoms with E-state index in [2.05, 4.69) is 20.4 Å². The number of carbonyl (C=O) groups excluding carboxylic acids is 1. The molecule has 2 fully saturated rings. The van der Waals surface area contributed by atoms with E-state index in [4.69, 9.17) is 15.2 Å². The quantitative estimate of drug-likeness (QED) is 0.542. The summed E-state index contributed by atoms with van der Waals surface area (Å²) in [5.74, 6) is 1.61. The van der Waals surface area contributed by atoms with Crippen LogP contribution in [0.15, 0.2) is 30.7 Å². The zero-order chi connectivity index (χ0) is 22.8. The van der Waals surface area contributed by atoms with E-state index >= 15 is 0 Å². The van der Waals surface area contributed by atoms with Gasteiger partial charge >= 0.3 is 0 Å². The number of fused-ring (bicyclic) bond motifs is 1. The number of nitrogens with two attached hydrogens (primary N) is 1. The summed E-state index contributed by atoms with van der Waals surface area (Å²) < 4.78 is 13.0. The molecule has 9 nitrogen and oxygen atoms in total. The second kappa shape index (κ2) is 9.35. The molecule has 9 heteroatoms. The number of rotatable bonds is 8. The highest BCUT2D eigenvalue weighted by atomic mass is 16.5. The van der Waals surface area contributed by atoms with E-state index in [-0.39, 0.29) is 18.4 Å². The standard InChI is InChI=1S/C24H30N6O3/c1-32-22-12-16(8-9-26-22)20-10-17(23-24(25)27-14-28-30(20)23)11-21(31)29-18-4-6-19(7-5-18)33-13-15-2-3-15/h8-10,12,14-15,18-19H,2-7,11,13H2,1H3,(H,29,31)(H2,25,27,28). The summed E-state index contributed by atoms with van der Waals surface area (Å²) >= 11 is 0. The first-order chi connectivity index (χ1) is 16.1. The van der Waals surface area contributed by atoms with Crippen molar-refractivity contribution in [3.8, 4) is 17.1 Å². The molecule has 2 saturated carbocycles. The highest BCUT2D eigenvalue weighted by Crippen LogP contribution is 2.31. The predicted octanol–water partition coefficient (Wildman–Crippen LogP) is 2.78. The molecule has 0 aromatic carbocycles. The number of pyridine rings is 1. The van der Waals surface area contributed by atoms with Crippen LogP contribution in [-0.2, 0) is 16.0 Å². The van der Waals surface area contributed by atoms with Crippen LogP contribution in [0.1, 0.15) is 44.1 Å². The Morgan fingerprint density at radius 2 is 2.00 bits per heavy atom. The zero-order valence-corrected chi connectivity index (χ0v) is 18.9. The molecule has 3 N–H and O–H groups in total. The van der Waals surface area contributed by atoms with Crippen LogP contribution in [0.3, 0.4) is 0 Å². The molecule has 2 aliphatic carbocycles. The molecule has 0 saturated heterocycles. The van der Waals surface area contributed by atoms with Gasteiger partial charge in [0.2, 0.25) is 11.8 Å². The molecule has 0 aliphatic heterocycles. The summed E-state index contributed by atoms with van der Waals surface area (Å²) in [6.45, 7) is 0.901. The number of anilines is 1. The molecule has 0 bridgehead atoms. The van der Waals surface area contributed by atoms with Crippen LogP contribution in [-0.4, -0.2) is 51.4 Å². The van der Waals surface area contributed by atoms with Crippen LogP contribution in [0.4, 0.5) is 5.82 Å². The Labute approximate surface area is 192 Å². The number of amides is 1. The lowest BCUT2D eigenvalue weighted by Crippen LogP contribution is -2.39. The van der Waals surface area contributed by atoms with Gasteiger partial charge in [-0.2, -0.15) is 5.10 Å². The number of nitrogens with zero attached hydrogens (tertiary/aromatic N) is 4. The molecule has 0 unspecified atom stereocenters. The molecular formula is C24H30N6O3. The number of carbonyl (C=O) groups is 1. The number of aromatic nitrogens is 4.